The molecule has 29 heavy (non-hydrogen) atoms. The number of ketones is 1. The number of hydrogen-bond acceptors (Lipinski definition) is 3. The van der Waals surface area contributed by atoms with E-state index < -0.39 is 0 Å². The molecule has 0 amide bonds. The molecule has 0 spiro atoms. The lowest BCUT2D eigenvalue weighted by atomic mass is 9.85. The van der Waals surface area contributed by atoms with Crippen molar-refractivity contribution in [2.24, 2.45) is 5.92 Å². The predicted octanol–water partition coefficient (Wildman–Crippen LogP) is 7.19. The monoisotopic (exact) mass is 419 g/mol. The van der Waals surface area contributed by atoms with Gasteiger partial charge in [-0.05, 0) is 43.5 Å². The molecule has 1 aliphatic carbocycles. The second-order valence-electron chi connectivity index (χ2n) is 8.13. The van der Waals surface area contributed by atoms with Gasteiger partial charge in [-0.2, -0.15) is 0 Å². The summed E-state index contributed by atoms with van der Waals surface area (Å²) < 4.78 is -0.265. The van der Waals surface area contributed by atoms with Gasteiger partial charge >= 0.3 is 0 Å². The van der Waals surface area contributed by atoms with Crippen molar-refractivity contribution in [3.63, 3.8) is 0 Å². The van der Waals surface area contributed by atoms with Crippen LogP contribution in [0.15, 0.2) is 70.6 Å². The summed E-state index contributed by atoms with van der Waals surface area (Å²) in [5.74, 6) is 0.479. The SMILES string of the molecule is Cc1ccc(C2(c3c[nH]c(C(=O)C4CCCCC4)c3)Sc3ccccc3S2)cc1. The fraction of sp³-hybridized carbons (Fsp3) is 0.320. The Balaban J connectivity index is 1.54. The average Bonchev–Trinajstić information content (AvgIpc) is 3.40. The molecule has 0 bridgehead atoms. The molecule has 1 aromatic heterocycles. The van der Waals surface area contributed by atoms with Gasteiger partial charge in [0.15, 0.2) is 5.78 Å². The van der Waals surface area contributed by atoms with Crippen LogP contribution >= 0.6 is 23.5 Å². The number of aromatic nitrogens is 1. The molecular formula is C25H25NOS2. The Morgan fingerprint density at radius 1 is 0.931 bits per heavy atom. The lowest BCUT2D eigenvalue weighted by Crippen LogP contribution is -2.18. The first-order chi connectivity index (χ1) is 14.2. The highest BCUT2D eigenvalue weighted by atomic mass is 32.2. The van der Waals surface area contributed by atoms with Crippen LogP contribution in [-0.2, 0) is 4.08 Å². The van der Waals surface area contributed by atoms with Gasteiger partial charge in [0, 0.05) is 27.5 Å². The predicted molar refractivity (Wildman–Crippen MR) is 122 cm³/mol. The number of Topliss-reactive ketones (excluding diaryl/α,β-unsaturated/α-hetero) is 1. The smallest absolute Gasteiger partial charge is 0.182 e. The Bertz CT molecular complexity index is 1010. The Hall–Kier alpha value is -1.91. The second kappa shape index (κ2) is 7.73. The molecule has 4 heteroatoms. The highest BCUT2D eigenvalue weighted by molar-refractivity contribution is 8.20. The van der Waals surface area contributed by atoms with E-state index in [2.05, 4.69) is 72.7 Å². The molecule has 1 fully saturated rings. The van der Waals surface area contributed by atoms with E-state index in [0.29, 0.717) is 5.78 Å². The van der Waals surface area contributed by atoms with Crippen molar-refractivity contribution in [2.75, 3.05) is 0 Å². The van der Waals surface area contributed by atoms with Gasteiger partial charge < -0.3 is 4.98 Å². The fourth-order valence-electron chi connectivity index (χ4n) is 4.44. The molecule has 148 valence electrons. The quantitative estimate of drug-likeness (QED) is 0.454. The number of H-pyrrole nitrogens is 1. The van der Waals surface area contributed by atoms with Gasteiger partial charge in [-0.25, -0.2) is 0 Å². The molecule has 1 N–H and O–H groups in total. The molecule has 2 heterocycles. The van der Waals surface area contributed by atoms with Gasteiger partial charge in [0.1, 0.15) is 4.08 Å². The van der Waals surface area contributed by atoms with Crippen molar-refractivity contribution in [1.82, 2.24) is 4.98 Å². The summed E-state index contributed by atoms with van der Waals surface area (Å²) in [6.45, 7) is 2.12. The lowest BCUT2D eigenvalue weighted by Gasteiger charge is -2.27. The fourth-order valence-corrected chi connectivity index (χ4v) is 7.62. The zero-order valence-electron chi connectivity index (χ0n) is 16.6. The van der Waals surface area contributed by atoms with Crippen molar-refractivity contribution in [2.45, 2.75) is 52.9 Å². The largest absolute Gasteiger partial charge is 0.358 e. The molecule has 0 saturated heterocycles. The first kappa shape index (κ1) is 19.1. The summed E-state index contributed by atoms with van der Waals surface area (Å²) in [4.78, 5) is 19.0. The molecule has 2 aliphatic rings. The molecule has 1 saturated carbocycles. The number of hydrogen-bond donors (Lipinski definition) is 1. The third-order valence-corrected chi connectivity index (χ3v) is 9.39. The van der Waals surface area contributed by atoms with Crippen LogP contribution in [-0.4, -0.2) is 10.8 Å². The minimum absolute atomic E-state index is 0.187. The third kappa shape index (κ3) is 3.47. The third-order valence-electron chi connectivity index (χ3n) is 6.09. The molecule has 3 aromatic rings. The number of nitrogens with one attached hydrogen (secondary N) is 1. The Kier molecular flexibility index (Phi) is 5.09. The van der Waals surface area contributed by atoms with Gasteiger partial charge in [0.05, 0.1) is 5.69 Å². The maximum Gasteiger partial charge on any atom is 0.182 e. The molecule has 1 aliphatic heterocycles. The maximum atomic E-state index is 13.1. The van der Waals surface area contributed by atoms with Crippen molar-refractivity contribution < 1.29 is 4.79 Å². The van der Waals surface area contributed by atoms with Crippen LogP contribution in [0.5, 0.6) is 0 Å². The first-order valence-electron chi connectivity index (χ1n) is 10.4. The Morgan fingerprint density at radius 2 is 1.59 bits per heavy atom. The number of fused-ring (bicyclic) bond motifs is 1. The topological polar surface area (TPSA) is 32.9 Å². The standard InChI is InChI=1S/C25H25NOS2/c1-17-11-13-19(14-12-17)25(28-22-9-5-6-10-23(22)29-25)20-15-21(26-16-20)24(27)18-7-3-2-4-8-18/h5-6,9-16,18,26H,2-4,7-8H2,1H3. The van der Waals surface area contributed by atoms with Crippen LogP contribution in [0.2, 0.25) is 0 Å². The van der Waals surface area contributed by atoms with Crippen molar-refractivity contribution >= 4 is 29.3 Å². The first-order valence-corrected chi connectivity index (χ1v) is 12.1. The van der Waals surface area contributed by atoms with Gasteiger partial charge in [-0.15, -0.1) is 0 Å². The summed E-state index contributed by atoms with van der Waals surface area (Å²) in [6, 6.07) is 19.5. The molecule has 5 rings (SSSR count). The average molecular weight is 420 g/mol. The summed E-state index contributed by atoms with van der Waals surface area (Å²) in [5, 5.41) is 0. The van der Waals surface area contributed by atoms with Crippen LogP contribution in [0.1, 0.15) is 59.3 Å². The van der Waals surface area contributed by atoms with E-state index >= 15 is 0 Å². The Labute approximate surface area is 180 Å². The molecule has 0 atom stereocenters. The number of benzene rings is 2. The van der Waals surface area contributed by atoms with E-state index in [1.807, 2.05) is 23.5 Å². The van der Waals surface area contributed by atoms with Gasteiger partial charge in [0.2, 0.25) is 0 Å². The van der Waals surface area contributed by atoms with Crippen LogP contribution in [0.25, 0.3) is 0 Å². The van der Waals surface area contributed by atoms with Crippen LogP contribution < -0.4 is 0 Å². The van der Waals surface area contributed by atoms with Crippen molar-refractivity contribution in [3.8, 4) is 0 Å². The highest BCUT2D eigenvalue weighted by Crippen LogP contribution is 2.64. The van der Waals surface area contributed by atoms with Crippen molar-refractivity contribution in [3.05, 3.63) is 83.2 Å². The minimum atomic E-state index is -0.265. The minimum Gasteiger partial charge on any atom is -0.358 e. The van der Waals surface area contributed by atoms with Crippen LogP contribution in [0.4, 0.5) is 0 Å². The number of rotatable bonds is 4. The molecule has 0 unspecified atom stereocenters. The summed E-state index contributed by atoms with van der Waals surface area (Å²) in [6.07, 6.45) is 7.75. The Morgan fingerprint density at radius 3 is 2.24 bits per heavy atom. The van der Waals surface area contributed by atoms with Crippen molar-refractivity contribution in [1.29, 1.82) is 0 Å². The van der Waals surface area contributed by atoms with Gasteiger partial charge in [0.25, 0.3) is 0 Å². The van der Waals surface area contributed by atoms with Gasteiger partial charge in [-0.3, -0.25) is 4.79 Å². The van der Waals surface area contributed by atoms with Crippen LogP contribution in [0, 0.1) is 12.8 Å². The second-order valence-corrected chi connectivity index (χ2v) is 10.9. The van der Waals surface area contributed by atoms with E-state index in [1.165, 1.54) is 45.7 Å². The zero-order chi connectivity index (χ0) is 19.8. The maximum absolute atomic E-state index is 13.1. The molecule has 2 nitrogen and oxygen atoms in total. The molecule has 0 radical (unpaired) electrons. The lowest BCUT2D eigenvalue weighted by molar-refractivity contribution is 0.0885. The van der Waals surface area contributed by atoms with Gasteiger partial charge in [-0.1, -0.05) is 84.7 Å². The summed E-state index contributed by atoms with van der Waals surface area (Å²) in [7, 11) is 0. The highest BCUT2D eigenvalue weighted by Gasteiger charge is 2.43. The zero-order valence-corrected chi connectivity index (χ0v) is 18.2. The summed E-state index contributed by atoms with van der Waals surface area (Å²) >= 11 is 3.78. The van der Waals surface area contributed by atoms with Crippen LogP contribution in [0.3, 0.4) is 0 Å². The number of thioether (sulfide) groups is 2. The summed E-state index contributed by atoms with van der Waals surface area (Å²) in [5.41, 5.74) is 4.48. The van der Waals surface area contributed by atoms with E-state index in [-0.39, 0.29) is 10.00 Å². The van der Waals surface area contributed by atoms with E-state index in [1.54, 1.807) is 0 Å². The van der Waals surface area contributed by atoms with E-state index in [9.17, 15) is 4.79 Å². The normalized spacial score (nSPS) is 18.5. The van der Waals surface area contributed by atoms with E-state index in [4.69, 9.17) is 0 Å². The molecule has 2 aromatic carbocycles. The number of aryl methyl sites for hydroxylation is 1. The number of carbonyl (C=O) groups is 1. The number of carbonyl (C=O) groups excluding carboxylic acids is 1. The molecular weight excluding hydrogens is 394 g/mol. The van der Waals surface area contributed by atoms with E-state index in [0.717, 1.165) is 18.5 Å². The number of aromatic amines is 1.